The second-order valence-corrected chi connectivity index (χ2v) is 14.8. The zero-order valence-electron chi connectivity index (χ0n) is 35.6. The minimum Gasteiger partial charge on any atom is -0.457 e. The number of rotatable bonds is 36. The van der Waals surface area contributed by atoms with E-state index >= 15 is 0 Å². The van der Waals surface area contributed by atoms with Crippen LogP contribution in [0.1, 0.15) is 149 Å². The van der Waals surface area contributed by atoms with Crippen LogP contribution in [0.3, 0.4) is 0 Å². The maximum absolute atomic E-state index is 12.8. The second-order valence-electron chi connectivity index (χ2n) is 14.8. The third-order valence-corrected chi connectivity index (χ3v) is 9.55. The summed E-state index contributed by atoms with van der Waals surface area (Å²) in [6.07, 6.45) is 44.6. The van der Waals surface area contributed by atoms with Crippen LogP contribution in [-0.2, 0) is 23.7 Å². The summed E-state index contributed by atoms with van der Waals surface area (Å²) in [6.45, 7) is 4.30. The summed E-state index contributed by atoms with van der Waals surface area (Å²) < 4.78 is 22.8. The molecule has 1 heterocycles. The van der Waals surface area contributed by atoms with Crippen molar-refractivity contribution in [2.75, 3.05) is 26.4 Å². The Morgan fingerprint density at radius 1 is 0.579 bits per heavy atom. The molecule has 1 aliphatic heterocycles. The van der Waals surface area contributed by atoms with Crippen LogP contribution in [-0.4, -0.2) is 89.6 Å². The number of ether oxygens (including phenoxy) is 4. The van der Waals surface area contributed by atoms with Crippen LogP contribution < -0.4 is 0 Å². The molecule has 326 valence electrons. The second kappa shape index (κ2) is 38.9. The van der Waals surface area contributed by atoms with Gasteiger partial charge < -0.3 is 39.4 Å². The van der Waals surface area contributed by atoms with Crippen LogP contribution in [0.15, 0.2) is 85.1 Å². The summed E-state index contributed by atoms with van der Waals surface area (Å²) >= 11 is 0. The van der Waals surface area contributed by atoms with E-state index in [0.717, 1.165) is 116 Å². The van der Waals surface area contributed by atoms with Crippen LogP contribution in [0.4, 0.5) is 0 Å². The van der Waals surface area contributed by atoms with Crippen molar-refractivity contribution >= 4 is 5.97 Å². The van der Waals surface area contributed by atoms with Gasteiger partial charge in [0, 0.05) is 13.0 Å². The summed E-state index contributed by atoms with van der Waals surface area (Å²) in [7, 11) is 0. The minimum atomic E-state index is -1.55. The highest BCUT2D eigenvalue weighted by Gasteiger charge is 2.44. The zero-order valence-corrected chi connectivity index (χ0v) is 35.6. The molecule has 9 heteroatoms. The molecular formula is C48H80O9. The van der Waals surface area contributed by atoms with E-state index in [1.807, 2.05) is 0 Å². The van der Waals surface area contributed by atoms with E-state index in [2.05, 4.69) is 98.9 Å². The van der Waals surface area contributed by atoms with Crippen molar-refractivity contribution in [3.05, 3.63) is 85.1 Å². The van der Waals surface area contributed by atoms with Gasteiger partial charge in [0.25, 0.3) is 0 Å². The van der Waals surface area contributed by atoms with Gasteiger partial charge in [0.2, 0.25) is 0 Å². The predicted molar refractivity (Wildman–Crippen MR) is 233 cm³/mol. The fourth-order valence-electron chi connectivity index (χ4n) is 6.06. The summed E-state index contributed by atoms with van der Waals surface area (Å²) in [5, 5.41) is 40.1. The van der Waals surface area contributed by atoms with E-state index in [0.29, 0.717) is 13.0 Å². The molecule has 6 unspecified atom stereocenters. The fraction of sp³-hybridized carbons (Fsp3) is 0.688. The van der Waals surface area contributed by atoms with E-state index < -0.39 is 43.4 Å². The number of allylic oxidation sites excluding steroid dienone is 14. The first-order valence-corrected chi connectivity index (χ1v) is 22.2. The molecule has 0 aromatic rings. The molecule has 1 saturated heterocycles. The molecule has 4 N–H and O–H groups in total. The molecule has 0 amide bonds. The van der Waals surface area contributed by atoms with Crippen LogP contribution in [0, 0.1) is 0 Å². The standard InChI is InChI=1S/C48H80O9/c1-3-5-7-9-11-13-15-17-19-20-21-22-23-24-26-28-30-32-34-36-38-54-40-42(41-55-48-47(53)46(52)45(51)43(39-49)57-48)56-44(50)37-35-33-31-29-27-25-18-16-14-12-10-8-6-4-2/h5,7,10-13,16-19,21-22,24,26,42-43,45-49,51-53H,3-4,6,8-9,14-15,20,23,25,27-41H2,1-2H3/b7-5-,12-10-,13-11-,18-16-,19-17-,22-21-,26-24-. The molecule has 0 saturated carbocycles. The van der Waals surface area contributed by atoms with E-state index in [9.17, 15) is 25.2 Å². The van der Waals surface area contributed by atoms with Gasteiger partial charge in [-0.1, -0.05) is 144 Å². The van der Waals surface area contributed by atoms with Gasteiger partial charge >= 0.3 is 5.97 Å². The molecule has 1 rings (SSSR count). The van der Waals surface area contributed by atoms with Gasteiger partial charge in [-0.05, 0) is 83.5 Å². The van der Waals surface area contributed by atoms with Crippen molar-refractivity contribution in [3.8, 4) is 0 Å². The van der Waals surface area contributed by atoms with Crippen molar-refractivity contribution < 1.29 is 44.2 Å². The Bertz CT molecular complexity index is 1140. The number of unbranched alkanes of at least 4 members (excludes halogenated alkanes) is 11. The lowest BCUT2D eigenvalue weighted by Gasteiger charge is -2.39. The van der Waals surface area contributed by atoms with Gasteiger partial charge in [-0.25, -0.2) is 0 Å². The molecule has 0 aliphatic carbocycles. The van der Waals surface area contributed by atoms with E-state index in [4.69, 9.17) is 18.9 Å². The largest absolute Gasteiger partial charge is 0.457 e. The van der Waals surface area contributed by atoms with Gasteiger partial charge in [0.1, 0.15) is 30.5 Å². The highest BCUT2D eigenvalue weighted by molar-refractivity contribution is 5.69. The van der Waals surface area contributed by atoms with Crippen molar-refractivity contribution in [3.63, 3.8) is 0 Å². The zero-order chi connectivity index (χ0) is 41.4. The smallest absolute Gasteiger partial charge is 0.306 e. The van der Waals surface area contributed by atoms with Gasteiger partial charge in [0.05, 0.1) is 19.8 Å². The molecule has 1 aliphatic rings. The number of hydrogen-bond donors (Lipinski definition) is 4. The van der Waals surface area contributed by atoms with Crippen molar-refractivity contribution in [2.45, 2.75) is 185 Å². The first-order chi connectivity index (χ1) is 27.9. The predicted octanol–water partition coefficient (Wildman–Crippen LogP) is 9.86. The summed E-state index contributed by atoms with van der Waals surface area (Å²) in [5.41, 5.74) is 0. The van der Waals surface area contributed by atoms with Crippen molar-refractivity contribution in [2.24, 2.45) is 0 Å². The van der Waals surface area contributed by atoms with Crippen molar-refractivity contribution in [1.29, 1.82) is 0 Å². The summed E-state index contributed by atoms with van der Waals surface area (Å²) in [4.78, 5) is 12.8. The van der Waals surface area contributed by atoms with Crippen LogP contribution in [0.25, 0.3) is 0 Å². The van der Waals surface area contributed by atoms with Crippen LogP contribution >= 0.6 is 0 Å². The Morgan fingerprint density at radius 2 is 1.07 bits per heavy atom. The third-order valence-electron chi connectivity index (χ3n) is 9.55. The lowest BCUT2D eigenvalue weighted by molar-refractivity contribution is -0.305. The van der Waals surface area contributed by atoms with Gasteiger partial charge in [0.15, 0.2) is 6.29 Å². The lowest BCUT2D eigenvalue weighted by atomic mass is 9.99. The maximum Gasteiger partial charge on any atom is 0.306 e. The fourth-order valence-corrected chi connectivity index (χ4v) is 6.06. The molecule has 0 spiro atoms. The summed E-state index contributed by atoms with van der Waals surface area (Å²) in [6, 6.07) is 0. The average molecular weight is 801 g/mol. The first kappa shape index (κ1) is 52.4. The number of hydrogen-bond acceptors (Lipinski definition) is 9. The molecule has 0 aromatic heterocycles. The van der Waals surface area contributed by atoms with Crippen molar-refractivity contribution in [1.82, 2.24) is 0 Å². The molecule has 9 nitrogen and oxygen atoms in total. The average Bonchev–Trinajstić information content (AvgIpc) is 3.21. The Kier molecular flexibility index (Phi) is 35.7. The van der Waals surface area contributed by atoms with E-state index in [1.165, 1.54) is 12.8 Å². The Hall–Kier alpha value is -2.63. The molecule has 0 bridgehead atoms. The van der Waals surface area contributed by atoms with E-state index in [-0.39, 0.29) is 19.2 Å². The molecule has 0 radical (unpaired) electrons. The number of esters is 1. The molecule has 1 fully saturated rings. The van der Waals surface area contributed by atoms with Gasteiger partial charge in [-0.15, -0.1) is 0 Å². The normalized spacial score (nSPS) is 21.3. The highest BCUT2D eigenvalue weighted by Crippen LogP contribution is 2.22. The maximum atomic E-state index is 12.8. The highest BCUT2D eigenvalue weighted by atomic mass is 16.7. The first-order valence-electron chi connectivity index (χ1n) is 22.2. The Balaban J connectivity index is 2.31. The number of carbonyl (C=O) groups excluding carboxylic acids is 1. The third kappa shape index (κ3) is 30.1. The quantitative estimate of drug-likeness (QED) is 0.0278. The minimum absolute atomic E-state index is 0.116. The number of aliphatic hydroxyl groups is 4. The molecule has 57 heavy (non-hydrogen) atoms. The Labute approximate surface area is 346 Å². The van der Waals surface area contributed by atoms with Gasteiger partial charge in [-0.2, -0.15) is 0 Å². The molecular weight excluding hydrogens is 721 g/mol. The van der Waals surface area contributed by atoms with Gasteiger partial charge in [-0.3, -0.25) is 4.79 Å². The lowest BCUT2D eigenvalue weighted by Crippen LogP contribution is -2.59. The molecule has 0 aromatic carbocycles. The topological polar surface area (TPSA) is 135 Å². The van der Waals surface area contributed by atoms with Crippen LogP contribution in [0.2, 0.25) is 0 Å². The monoisotopic (exact) mass is 801 g/mol. The van der Waals surface area contributed by atoms with E-state index in [1.54, 1.807) is 0 Å². The Morgan fingerprint density at radius 3 is 1.61 bits per heavy atom. The number of carbonyl (C=O) groups is 1. The summed E-state index contributed by atoms with van der Waals surface area (Å²) in [5.74, 6) is -0.342. The molecule has 6 atom stereocenters. The SMILES string of the molecule is CC/C=C\C/C=C\C/C=C\C/C=C\C/C=C\CCCCCCOCC(COC1OC(CO)C(O)C(O)C1O)OC(=O)CCCCCCC/C=C\C/C=C\CCCC. The number of aliphatic hydroxyl groups excluding tert-OH is 4. The van der Waals surface area contributed by atoms with Crippen LogP contribution in [0.5, 0.6) is 0 Å².